The van der Waals surface area contributed by atoms with Gasteiger partial charge in [0.2, 0.25) is 0 Å². The number of fused-ring (bicyclic) bond motifs is 2. The second kappa shape index (κ2) is 6.38. The molecule has 1 aromatic carbocycles. The van der Waals surface area contributed by atoms with E-state index in [9.17, 15) is 9.18 Å². The number of carbonyl (C=O) groups excluding carboxylic acids is 1. The van der Waals surface area contributed by atoms with E-state index >= 15 is 0 Å². The summed E-state index contributed by atoms with van der Waals surface area (Å²) in [6.45, 7) is 2.11. The molecule has 116 valence electrons. The van der Waals surface area contributed by atoms with Gasteiger partial charge in [0.1, 0.15) is 5.82 Å². The topological polar surface area (TPSA) is 51.0 Å². The molecule has 0 amide bonds. The molecule has 0 unspecified atom stereocenters. The average molecular weight is 302 g/mol. The lowest BCUT2D eigenvalue weighted by atomic mass is 9.69. The van der Waals surface area contributed by atoms with Crippen LogP contribution in [0.2, 0.25) is 0 Å². The van der Waals surface area contributed by atoms with E-state index in [0.29, 0.717) is 30.2 Å². The molecule has 0 aromatic heterocycles. The standard InChI is InChI=1S/C17H19FN2O2/c1-2-22-17(21)16-13-7-11(8-13)9-14(19-20-16)10-12-5-3-4-6-15(12)18/h3-6,11,13H,2,7-10H2,1H3/b19-14+,20-16+. The largest absolute Gasteiger partial charge is 0.461 e. The third-order valence-corrected chi connectivity index (χ3v) is 4.28. The average Bonchev–Trinajstić information content (AvgIpc) is 2.42. The van der Waals surface area contributed by atoms with Crippen LogP contribution >= 0.6 is 0 Å². The maximum atomic E-state index is 13.8. The summed E-state index contributed by atoms with van der Waals surface area (Å²) >= 11 is 0. The van der Waals surface area contributed by atoms with Gasteiger partial charge in [-0.15, -0.1) is 5.10 Å². The molecule has 0 N–H and O–H groups in total. The van der Waals surface area contributed by atoms with Crippen LogP contribution in [0.3, 0.4) is 0 Å². The minimum absolute atomic E-state index is 0.169. The Morgan fingerprint density at radius 2 is 2.09 bits per heavy atom. The summed E-state index contributed by atoms with van der Waals surface area (Å²) in [7, 11) is 0. The van der Waals surface area contributed by atoms with Gasteiger partial charge in [-0.25, -0.2) is 9.18 Å². The molecule has 1 aromatic rings. The fourth-order valence-electron chi connectivity index (χ4n) is 3.09. The van der Waals surface area contributed by atoms with Crippen LogP contribution in [0.25, 0.3) is 0 Å². The van der Waals surface area contributed by atoms with Gasteiger partial charge in [0.25, 0.3) is 0 Å². The Hall–Kier alpha value is -2.04. The number of halogens is 1. The zero-order valence-electron chi connectivity index (χ0n) is 12.6. The first kappa shape index (κ1) is 14.9. The smallest absolute Gasteiger partial charge is 0.354 e. The molecule has 1 fully saturated rings. The minimum atomic E-state index is -0.373. The Kier molecular flexibility index (Phi) is 4.32. The molecule has 22 heavy (non-hydrogen) atoms. The molecule has 0 radical (unpaired) electrons. The van der Waals surface area contributed by atoms with Crippen LogP contribution in [0.15, 0.2) is 34.5 Å². The lowest BCUT2D eigenvalue weighted by Crippen LogP contribution is -2.38. The van der Waals surface area contributed by atoms with Crippen molar-refractivity contribution in [2.24, 2.45) is 22.0 Å². The molecular weight excluding hydrogens is 283 g/mol. The summed E-state index contributed by atoms with van der Waals surface area (Å²) in [5, 5.41) is 8.36. The summed E-state index contributed by atoms with van der Waals surface area (Å²) in [5.74, 6) is 0.0773. The van der Waals surface area contributed by atoms with Gasteiger partial charge in [-0.1, -0.05) is 18.2 Å². The Bertz CT molecular complexity index is 633. The SMILES string of the molecule is CCOC(=O)/C1=N/N=C(/Cc2ccccc2F)CC2CC1C2. The van der Waals surface area contributed by atoms with Gasteiger partial charge in [-0.3, -0.25) is 0 Å². The van der Waals surface area contributed by atoms with Crippen LogP contribution in [0.4, 0.5) is 4.39 Å². The first-order valence-corrected chi connectivity index (χ1v) is 7.71. The van der Waals surface area contributed by atoms with Crippen molar-refractivity contribution in [3.05, 3.63) is 35.6 Å². The molecule has 2 heterocycles. The lowest BCUT2D eigenvalue weighted by molar-refractivity contribution is -0.135. The highest BCUT2D eigenvalue weighted by atomic mass is 19.1. The molecule has 4 nitrogen and oxygen atoms in total. The second-order valence-electron chi connectivity index (χ2n) is 5.88. The number of ether oxygens (including phenoxy) is 1. The molecule has 3 aliphatic rings. The van der Waals surface area contributed by atoms with Crippen molar-refractivity contribution in [3.8, 4) is 0 Å². The van der Waals surface area contributed by atoms with E-state index in [1.54, 1.807) is 19.1 Å². The first-order chi connectivity index (χ1) is 10.7. The van der Waals surface area contributed by atoms with Crippen molar-refractivity contribution >= 4 is 17.4 Å². The van der Waals surface area contributed by atoms with Crippen molar-refractivity contribution in [2.75, 3.05) is 6.61 Å². The molecule has 2 aliphatic heterocycles. The summed E-state index contributed by atoms with van der Waals surface area (Å²) in [6, 6.07) is 6.70. The van der Waals surface area contributed by atoms with E-state index in [0.717, 1.165) is 25.0 Å². The van der Waals surface area contributed by atoms with Gasteiger partial charge in [-0.05, 0) is 43.7 Å². The predicted molar refractivity (Wildman–Crippen MR) is 82.4 cm³/mol. The number of nitrogens with zero attached hydrogens (tertiary/aromatic N) is 2. The quantitative estimate of drug-likeness (QED) is 0.802. The highest BCUT2D eigenvalue weighted by Crippen LogP contribution is 2.39. The summed E-state index contributed by atoms with van der Waals surface area (Å²) in [4.78, 5) is 11.9. The van der Waals surface area contributed by atoms with E-state index < -0.39 is 0 Å². The zero-order chi connectivity index (χ0) is 15.5. The second-order valence-corrected chi connectivity index (χ2v) is 5.88. The number of hydrogen-bond donors (Lipinski definition) is 0. The van der Waals surface area contributed by atoms with Gasteiger partial charge < -0.3 is 4.74 Å². The third-order valence-electron chi connectivity index (χ3n) is 4.28. The third kappa shape index (κ3) is 3.08. The highest BCUT2D eigenvalue weighted by molar-refractivity contribution is 6.37. The van der Waals surface area contributed by atoms with Crippen LogP contribution in [0, 0.1) is 17.7 Å². The lowest BCUT2D eigenvalue weighted by Gasteiger charge is -2.36. The van der Waals surface area contributed by atoms with Gasteiger partial charge in [0.15, 0.2) is 5.71 Å². The minimum Gasteiger partial charge on any atom is -0.461 e. The van der Waals surface area contributed by atoms with Crippen LogP contribution in [-0.2, 0) is 16.0 Å². The van der Waals surface area contributed by atoms with E-state index in [1.165, 1.54) is 6.07 Å². The Labute approximate surface area is 129 Å². The molecule has 1 aliphatic carbocycles. The molecule has 0 saturated heterocycles. The first-order valence-electron chi connectivity index (χ1n) is 7.71. The molecular formula is C17H19FN2O2. The van der Waals surface area contributed by atoms with Crippen molar-refractivity contribution < 1.29 is 13.9 Å². The van der Waals surface area contributed by atoms with Crippen LogP contribution in [0.5, 0.6) is 0 Å². The van der Waals surface area contributed by atoms with Crippen molar-refractivity contribution in [1.82, 2.24) is 0 Å². The van der Waals surface area contributed by atoms with E-state index in [4.69, 9.17) is 4.74 Å². The fraction of sp³-hybridized carbons (Fsp3) is 0.471. The Morgan fingerprint density at radius 3 is 2.82 bits per heavy atom. The summed E-state index contributed by atoms with van der Waals surface area (Å²) in [6.07, 6.45) is 3.14. The van der Waals surface area contributed by atoms with E-state index in [2.05, 4.69) is 10.2 Å². The van der Waals surface area contributed by atoms with E-state index in [1.807, 2.05) is 6.07 Å². The zero-order valence-corrected chi connectivity index (χ0v) is 12.6. The fourth-order valence-corrected chi connectivity index (χ4v) is 3.09. The normalized spacial score (nSPS) is 28.3. The van der Waals surface area contributed by atoms with Gasteiger partial charge >= 0.3 is 5.97 Å². The molecule has 0 atom stereocenters. The number of benzene rings is 1. The van der Waals surface area contributed by atoms with Crippen LogP contribution in [-0.4, -0.2) is 24.0 Å². The molecule has 2 bridgehead atoms. The monoisotopic (exact) mass is 302 g/mol. The van der Waals surface area contributed by atoms with Gasteiger partial charge in [0.05, 0.1) is 6.61 Å². The van der Waals surface area contributed by atoms with Gasteiger partial charge in [0, 0.05) is 18.1 Å². The Morgan fingerprint density at radius 1 is 1.32 bits per heavy atom. The summed E-state index contributed by atoms with van der Waals surface area (Å²) < 4.78 is 18.8. The Balaban J connectivity index is 1.82. The molecule has 0 spiro atoms. The number of rotatable bonds is 4. The van der Waals surface area contributed by atoms with Crippen molar-refractivity contribution in [1.29, 1.82) is 0 Å². The van der Waals surface area contributed by atoms with E-state index in [-0.39, 0.29) is 17.7 Å². The molecule has 1 saturated carbocycles. The highest BCUT2D eigenvalue weighted by Gasteiger charge is 2.38. The predicted octanol–water partition coefficient (Wildman–Crippen LogP) is 3.16. The van der Waals surface area contributed by atoms with Crippen molar-refractivity contribution in [2.45, 2.75) is 32.6 Å². The van der Waals surface area contributed by atoms with Crippen molar-refractivity contribution in [3.63, 3.8) is 0 Å². The number of carbonyl (C=O) groups is 1. The number of esters is 1. The summed E-state index contributed by atoms with van der Waals surface area (Å²) in [5.41, 5.74) is 1.87. The molecule has 4 rings (SSSR count). The van der Waals surface area contributed by atoms with Crippen LogP contribution < -0.4 is 0 Å². The maximum Gasteiger partial charge on any atom is 0.354 e. The number of hydrogen-bond acceptors (Lipinski definition) is 4. The maximum absolute atomic E-state index is 13.8. The van der Waals surface area contributed by atoms with Crippen LogP contribution in [0.1, 0.15) is 31.7 Å². The van der Waals surface area contributed by atoms with Gasteiger partial charge in [-0.2, -0.15) is 5.10 Å². The molecule has 5 heteroatoms.